The summed E-state index contributed by atoms with van der Waals surface area (Å²) >= 11 is 1.85. The molecule has 0 amide bonds. The van der Waals surface area contributed by atoms with E-state index in [1.807, 2.05) is 17.4 Å². The number of rotatable bonds is 6. The molecule has 0 saturated carbocycles. The maximum atomic E-state index is 6.80. The van der Waals surface area contributed by atoms with Crippen LogP contribution in [0.5, 0.6) is 11.5 Å². The van der Waals surface area contributed by atoms with E-state index in [2.05, 4.69) is 210 Å². The molecule has 4 heteroatoms. The monoisotopic (exact) mass is 758 g/mol. The summed E-state index contributed by atoms with van der Waals surface area (Å²) in [6.45, 7) is 0. The number of para-hydroxylation sites is 3. The van der Waals surface area contributed by atoms with Crippen LogP contribution < -0.4 is 9.64 Å². The first-order chi connectivity index (χ1) is 28.8. The Morgan fingerprint density at radius 2 is 1.00 bits per heavy atom. The second-order valence-corrected chi connectivity index (χ2v) is 15.9. The molecule has 12 rings (SSSR count). The molecule has 58 heavy (non-hydrogen) atoms. The van der Waals surface area contributed by atoms with Crippen molar-refractivity contribution in [1.82, 2.24) is 4.57 Å². The number of hydrogen-bond donors (Lipinski definition) is 0. The molecule has 11 aromatic rings. The lowest BCUT2D eigenvalue weighted by molar-refractivity contribution is 0.478. The molecule has 0 spiro atoms. The molecule has 3 heterocycles. The Hall–Kier alpha value is -7.40. The number of hydrogen-bond acceptors (Lipinski definition) is 3. The highest BCUT2D eigenvalue weighted by atomic mass is 32.1. The standard InChI is InChI=1S/C54H34N2OS/c1-2-11-35(12-3-1)36-21-23-37(24-22-36)38-25-29-40(30-26-38)55(49-18-10-15-46-44-14-5-9-20-51(44)58-54(46)49)41-31-27-39(28-32-41)42-33-34-45-43-13-4-6-16-47(43)56-48-17-7-8-19-50(48)57-53(42)52(45)56/h1-34H. The molecule has 272 valence electrons. The van der Waals surface area contributed by atoms with Gasteiger partial charge in [-0.3, -0.25) is 0 Å². The zero-order valence-electron chi connectivity index (χ0n) is 31.3. The molecule has 0 saturated heterocycles. The lowest BCUT2D eigenvalue weighted by Gasteiger charge is -2.27. The van der Waals surface area contributed by atoms with Crippen LogP contribution in [-0.2, 0) is 0 Å². The third kappa shape index (κ3) is 5.12. The summed E-state index contributed by atoms with van der Waals surface area (Å²) in [4.78, 5) is 2.40. The topological polar surface area (TPSA) is 17.4 Å². The van der Waals surface area contributed by atoms with Crippen molar-refractivity contribution in [3.63, 3.8) is 0 Å². The Bertz CT molecular complexity index is 3340. The van der Waals surface area contributed by atoms with Gasteiger partial charge in [0.2, 0.25) is 0 Å². The predicted molar refractivity (Wildman–Crippen MR) is 245 cm³/mol. The lowest BCUT2D eigenvalue weighted by atomic mass is 9.99. The minimum atomic E-state index is 0.861. The van der Waals surface area contributed by atoms with Crippen LogP contribution in [0.2, 0.25) is 0 Å². The molecule has 1 aliphatic heterocycles. The molecule has 3 nitrogen and oxygen atoms in total. The number of anilines is 3. The fourth-order valence-corrected chi connectivity index (χ4v) is 10.1. The van der Waals surface area contributed by atoms with Gasteiger partial charge in [0.25, 0.3) is 0 Å². The van der Waals surface area contributed by atoms with Crippen molar-refractivity contribution >= 4 is 70.4 Å². The molecule has 0 fully saturated rings. The van der Waals surface area contributed by atoms with E-state index in [4.69, 9.17) is 4.74 Å². The summed E-state index contributed by atoms with van der Waals surface area (Å²) in [6.07, 6.45) is 0. The third-order valence-corrected chi connectivity index (χ3v) is 12.8. The molecule has 0 radical (unpaired) electrons. The summed E-state index contributed by atoms with van der Waals surface area (Å²) in [7, 11) is 0. The van der Waals surface area contributed by atoms with Crippen molar-refractivity contribution in [3.05, 3.63) is 206 Å². The smallest absolute Gasteiger partial charge is 0.160 e. The molecule has 2 aromatic heterocycles. The highest BCUT2D eigenvalue weighted by Crippen LogP contribution is 2.50. The molecule has 0 aliphatic carbocycles. The Kier molecular flexibility index (Phi) is 7.40. The maximum Gasteiger partial charge on any atom is 0.160 e. The number of aromatic nitrogens is 1. The molecule has 0 atom stereocenters. The minimum absolute atomic E-state index is 0.861. The normalized spacial score (nSPS) is 11.9. The van der Waals surface area contributed by atoms with Crippen LogP contribution in [0.25, 0.3) is 81.0 Å². The first-order valence-corrected chi connectivity index (χ1v) is 20.5. The Morgan fingerprint density at radius 1 is 0.414 bits per heavy atom. The summed E-state index contributed by atoms with van der Waals surface area (Å²) in [5.41, 5.74) is 13.7. The lowest BCUT2D eigenvalue weighted by Crippen LogP contribution is -2.10. The van der Waals surface area contributed by atoms with Gasteiger partial charge in [0.15, 0.2) is 11.5 Å². The second-order valence-electron chi connectivity index (χ2n) is 14.9. The van der Waals surface area contributed by atoms with Gasteiger partial charge in [-0.05, 0) is 88.5 Å². The summed E-state index contributed by atoms with van der Waals surface area (Å²) in [6, 6.07) is 74.3. The fourth-order valence-electron chi connectivity index (χ4n) is 8.86. The summed E-state index contributed by atoms with van der Waals surface area (Å²) in [5, 5.41) is 4.98. The van der Waals surface area contributed by atoms with Crippen molar-refractivity contribution in [2.45, 2.75) is 0 Å². The van der Waals surface area contributed by atoms with Crippen molar-refractivity contribution < 1.29 is 4.74 Å². The van der Waals surface area contributed by atoms with Crippen LogP contribution in [-0.4, -0.2) is 4.57 Å². The average Bonchev–Trinajstić information content (AvgIpc) is 3.85. The maximum absolute atomic E-state index is 6.80. The van der Waals surface area contributed by atoms with Gasteiger partial charge in [-0.25, -0.2) is 0 Å². The van der Waals surface area contributed by atoms with Gasteiger partial charge in [-0.1, -0.05) is 146 Å². The quantitative estimate of drug-likeness (QED) is 0.168. The van der Waals surface area contributed by atoms with E-state index >= 15 is 0 Å². The van der Waals surface area contributed by atoms with E-state index in [0.29, 0.717) is 0 Å². The molecular formula is C54H34N2OS. The number of nitrogens with zero attached hydrogens (tertiary/aromatic N) is 2. The summed E-state index contributed by atoms with van der Waals surface area (Å²) in [5.74, 6) is 1.75. The number of ether oxygens (including phenoxy) is 1. The van der Waals surface area contributed by atoms with Gasteiger partial charge >= 0.3 is 0 Å². The van der Waals surface area contributed by atoms with Crippen molar-refractivity contribution in [2.75, 3.05) is 4.90 Å². The molecule has 0 N–H and O–H groups in total. The van der Waals surface area contributed by atoms with E-state index in [1.54, 1.807) is 0 Å². The van der Waals surface area contributed by atoms with Gasteiger partial charge in [-0.2, -0.15) is 0 Å². The van der Waals surface area contributed by atoms with Crippen LogP contribution in [0.1, 0.15) is 0 Å². The number of thiophene rings is 1. The van der Waals surface area contributed by atoms with Crippen LogP contribution in [0, 0.1) is 0 Å². The van der Waals surface area contributed by atoms with E-state index in [-0.39, 0.29) is 0 Å². The number of fused-ring (bicyclic) bond motifs is 8. The molecule has 0 bridgehead atoms. The predicted octanol–water partition coefficient (Wildman–Crippen LogP) is 15.7. The van der Waals surface area contributed by atoms with Crippen LogP contribution in [0.4, 0.5) is 17.1 Å². The highest BCUT2D eigenvalue weighted by Gasteiger charge is 2.26. The third-order valence-electron chi connectivity index (χ3n) is 11.6. The Labute approximate surface area is 339 Å². The van der Waals surface area contributed by atoms with E-state index in [1.165, 1.54) is 58.7 Å². The fraction of sp³-hybridized carbons (Fsp3) is 0. The van der Waals surface area contributed by atoms with Crippen LogP contribution in [0.15, 0.2) is 206 Å². The van der Waals surface area contributed by atoms with Crippen LogP contribution in [0.3, 0.4) is 0 Å². The molecule has 9 aromatic carbocycles. The van der Waals surface area contributed by atoms with Gasteiger partial charge in [-0.15, -0.1) is 11.3 Å². The van der Waals surface area contributed by atoms with Crippen molar-refractivity contribution in [2.24, 2.45) is 0 Å². The van der Waals surface area contributed by atoms with E-state index < -0.39 is 0 Å². The zero-order chi connectivity index (χ0) is 38.2. The Morgan fingerprint density at radius 3 is 1.76 bits per heavy atom. The SMILES string of the molecule is c1ccc(-c2ccc(-c3ccc(N(c4ccc(-c5ccc6c7ccccc7n7c6c5Oc5ccccc5-7)cc4)c4cccc5c4sc4ccccc45)cc3)cc2)cc1. The first kappa shape index (κ1) is 32.8. The van der Waals surface area contributed by atoms with Gasteiger partial charge in [0, 0.05) is 43.2 Å². The van der Waals surface area contributed by atoms with Crippen molar-refractivity contribution in [3.8, 4) is 50.6 Å². The number of benzene rings is 9. The summed E-state index contributed by atoms with van der Waals surface area (Å²) < 4.78 is 11.7. The first-order valence-electron chi connectivity index (χ1n) is 19.7. The van der Waals surface area contributed by atoms with Crippen molar-refractivity contribution in [1.29, 1.82) is 0 Å². The molecule has 1 aliphatic rings. The van der Waals surface area contributed by atoms with Crippen LogP contribution >= 0.6 is 11.3 Å². The molecule has 0 unspecified atom stereocenters. The average molecular weight is 759 g/mol. The van der Waals surface area contributed by atoms with E-state index in [0.717, 1.165) is 50.9 Å². The van der Waals surface area contributed by atoms with Gasteiger partial charge in [0.05, 0.1) is 27.1 Å². The van der Waals surface area contributed by atoms with Gasteiger partial charge < -0.3 is 14.2 Å². The minimum Gasteiger partial charge on any atom is -0.452 e. The second kappa shape index (κ2) is 13.1. The van der Waals surface area contributed by atoms with E-state index in [9.17, 15) is 0 Å². The largest absolute Gasteiger partial charge is 0.452 e. The van der Waals surface area contributed by atoms with Gasteiger partial charge in [0.1, 0.15) is 0 Å². The highest BCUT2D eigenvalue weighted by molar-refractivity contribution is 7.26. The molecular weight excluding hydrogens is 725 g/mol. The zero-order valence-corrected chi connectivity index (χ0v) is 32.2. The Balaban J connectivity index is 0.975.